The smallest absolute Gasteiger partial charge is 0.410 e. The number of carbonyl (C=O) groups excluding carboxylic acids is 2. The van der Waals surface area contributed by atoms with E-state index in [1.807, 2.05) is 20.8 Å². The number of hydrogen-bond donors (Lipinski definition) is 1. The molecule has 0 aliphatic carbocycles. The summed E-state index contributed by atoms with van der Waals surface area (Å²) < 4.78 is 19.9. The van der Waals surface area contributed by atoms with Crippen LogP contribution in [0.15, 0.2) is 36.8 Å². The number of hydrogen-bond acceptors (Lipinski definition) is 7. The summed E-state index contributed by atoms with van der Waals surface area (Å²) in [6.07, 6.45) is 2.84. The van der Waals surface area contributed by atoms with Crippen molar-refractivity contribution in [2.75, 3.05) is 29.9 Å². The highest BCUT2D eigenvalue weighted by Crippen LogP contribution is 2.42. The number of rotatable bonds is 3. The second-order valence-corrected chi connectivity index (χ2v) is 10.4. The molecule has 0 saturated carbocycles. The van der Waals surface area contributed by atoms with Crippen molar-refractivity contribution in [2.45, 2.75) is 32.8 Å². The highest BCUT2D eigenvalue weighted by atomic mass is 35.5. The van der Waals surface area contributed by atoms with Crippen LogP contribution in [0.25, 0.3) is 10.9 Å². The molecule has 1 spiro atoms. The predicted molar refractivity (Wildman–Crippen MR) is 129 cm³/mol. The first-order chi connectivity index (χ1) is 16.5. The van der Waals surface area contributed by atoms with Gasteiger partial charge in [0.05, 0.1) is 22.4 Å². The van der Waals surface area contributed by atoms with Crippen LogP contribution < -0.4 is 10.2 Å². The van der Waals surface area contributed by atoms with Crippen molar-refractivity contribution >= 4 is 51.8 Å². The lowest BCUT2D eigenvalue weighted by Gasteiger charge is -2.47. The number of nitrogens with one attached hydrogen (secondary N) is 1. The summed E-state index contributed by atoms with van der Waals surface area (Å²) in [4.78, 5) is 41.4. The van der Waals surface area contributed by atoms with Crippen LogP contribution >= 0.6 is 11.6 Å². The van der Waals surface area contributed by atoms with E-state index in [0.717, 1.165) is 0 Å². The first-order valence-corrected chi connectivity index (χ1v) is 11.5. The van der Waals surface area contributed by atoms with Crippen molar-refractivity contribution in [3.05, 3.63) is 47.6 Å². The second-order valence-electron chi connectivity index (χ2n) is 10.0. The highest BCUT2D eigenvalue weighted by molar-refractivity contribution is 6.31. The van der Waals surface area contributed by atoms with Crippen LogP contribution in [0.2, 0.25) is 5.02 Å². The molecule has 2 aromatic heterocycles. The summed E-state index contributed by atoms with van der Waals surface area (Å²) in [6, 6.07) is 6.35. The van der Waals surface area contributed by atoms with Gasteiger partial charge in [0.2, 0.25) is 5.91 Å². The minimum absolute atomic E-state index is 0.00963. The molecule has 5 rings (SSSR count). The normalized spacial score (nSPS) is 17.1. The molecule has 4 heterocycles. The average molecular weight is 499 g/mol. The molecule has 9 nitrogen and oxygen atoms in total. The van der Waals surface area contributed by atoms with Crippen molar-refractivity contribution in [1.82, 2.24) is 19.9 Å². The first kappa shape index (κ1) is 23.2. The van der Waals surface area contributed by atoms with Crippen LogP contribution in [-0.2, 0) is 9.53 Å². The van der Waals surface area contributed by atoms with E-state index in [9.17, 15) is 14.0 Å². The van der Waals surface area contributed by atoms with Crippen molar-refractivity contribution in [2.24, 2.45) is 5.41 Å². The van der Waals surface area contributed by atoms with E-state index in [0.29, 0.717) is 48.6 Å². The number of pyridine rings is 1. The standard InChI is InChI=1S/C24H24ClFN6O3/c1-23(2,3)35-22(34)31-10-24(11-31)8-19(33)32(12-24)18-7-14-17(9-27-18)28-13-29-21(14)30-16-6-4-5-15(25)20(16)26/h4-7,9,13H,8,10-12H2,1-3H3,(H,28,29,30). The minimum Gasteiger partial charge on any atom is -0.444 e. The SMILES string of the molecule is CC(C)(C)OC(=O)N1CC2(CC(=O)N(c3cc4c(Nc5cccc(Cl)c5F)ncnc4cn3)C2)C1. The van der Waals surface area contributed by atoms with E-state index in [2.05, 4.69) is 20.3 Å². The molecule has 11 heteroatoms. The molecule has 3 aromatic rings. The molecule has 1 aromatic carbocycles. The molecule has 182 valence electrons. The van der Waals surface area contributed by atoms with Gasteiger partial charge in [-0.05, 0) is 39.0 Å². The number of nitrogens with zero attached hydrogens (tertiary/aromatic N) is 5. The summed E-state index contributed by atoms with van der Waals surface area (Å²) in [5, 5.41) is 3.53. The Bertz CT molecular complexity index is 1340. The number of carbonyl (C=O) groups is 2. The van der Waals surface area contributed by atoms with Gasteiger partial charge in [0.15, 0.2) is 5.82 Å². The molecule has 2 aliphatic rings. The fourth-order valence-electron chi connectivity index (χ4n) is 4.46. The third-order valence-electron chi connectivity index (χ3n) is 6.01. The number of amides is 2. The average Bonchev–Trinajstić information content (AvgIpc) is 3.12. The Morgan fingerprint density at radius 1 is 1.20 bits per heavy atom. The molecule has 0 bridgehead atoms. The van der Waals surface area contributed by atoms with Gasteiger partial charge in [0, 0.05) is 36.9 Å². The zero-order valence-electron chi connectivity index (χ0n) is 19.5. The van der Waals surface area contributed by atoms with Crippen molar-refractivity contribution in [1.29, 1.82) is 0 Å². The van der Waals surface area contributed by atoms with Crippen LogP contribution in [0.1, 0.15) is 27.2 Å². The summed E-state index contributed by atoms with van der Waals surface area (Å²) in [5.41, 5.74) is -0.199. The molecule has 35 heavy (non-hydrogen) atoms. The summed E-state index contributed by atoms with van der Waals surface area (Å²) in [7, 11) is 0. The van der Waals surface area contributed by atoms with Gasteiger partial charge in [-0.25, -0.2) is 24.1 Å². The van der Waals surface area contributed by atoms with Gasteiger partial charge in [-0.2, -0.15) is 0 Å². The number of fused-ring (bicyclic) bond motifs is 1. The minimum atomic E-state index is -0.591. The van der Waals surface area contributed by atoms with E-state index in [-0.39, 0.29) is 28.1 Å². The maximum absolute atomic E-state index is 14.4. The molecule has 2 saturated heterocycles. The largest absolute Gasteiger partial charge is 0.444 e. The van der Waals surface area contributed by atoms with Crippen LogP contribution in [0.3, 0.4) is 0 Å². The monoisotopic (exact) mass is 498 g/mol. The zero-order chi connectivity index (χ0) is 25.0. The van der Waals surface area contributed by atoms with Gasteiger partial charge in [0.1, 0.15) is 23.6 Å². The quantitative estimate of drug-likeness (QED) is 0.566. The Kier molecular flexibility index (Phi) is 5.51. The van der Waals surface area contributed by atoms with Gasteiger partial charge in [0.25, 0.3) is 0 Å². The fourth-order valence-corrected chi connectivity index (χ4v) is 4.63. The Hall–Kier alpha value is -3.53. The lowest BCUT2D eigenvalue weighted by Crippen LogP contribution is -2.60. The maximum atomic E-state index is 14.4. The van der Waals surface area contributed by atoms with Gasteiger partial charge < -0.3 is 15.0 Å². The van der Waals surface area contributed by atoms with E-state index in [1.54, 1.807) is 34.2 Å². The topological polar surface area (TPSA) is 101 Å². The number of halogens is 2. The number of aromatic nitrogens is 3. The maximum Gasteiger partial charge on any atom is 0.410 e. The Morgan fingerprint density at radius 2 is 1.97 bits per heavy atom. The number of likely N-dealkylation sites (tertiary alicyclic amines) is 1. The van der Waals surface area contributed by atoms with Crippen molar-refractivity contribution in [3.63, 3.8) is 0 Å². The molecule has 2 amide bonds. The number of anilines is 3. The highest BCUT2D eigenvalue weighted by Gasteiger charge is 2.54. The van der Waals surface area contributed by atoms with Gasteiger partial charge in [-0.15, -0.1) is 0 Å². The van der Waals surface area contributed by atoms with E-state index >= 15 is 0 Å². The zero-order valence-corrected chi connectivity index (χ0v) is 20.3. The van der Waals surface area contributed by atoms with Crippen molar-refractivity contribution < 1.29 is 18.7 Å². The Morgan fingerprint density at radius 3 is 2.71 bits per heavy atom. The second kappa shape index (κ2) is 8.30. The third-order valence-corrected chi connectivity index (χ3v) is 6.31. The summed E-state index contributed by atoms with van der Waals surface area (Å²) >= 11 is 5.90. The molecular weight excluding hydrogens is 475 g/mol. The van der Waals surface area contributed by atoms with Crippen molar-refractivity contribution in [3.8, 4) is 0 Å². The lowest BCUT2D eigenvalue weighted by atomic mass is 9.79. The predicted octanol–water partition coefficient (Wildman–Crippen LogP) is 4.53. The van der Waals surface area contributed by atoms with E-state index in [1.165, 1.54) is 12.4 Å². The molecule has 0 unspecified atom stereocenters. The Balaban J connectivity index is 1.37. The molecular formula is C24H24ClFN6O3. The van der Waals surface area contributed by atoms with Crippen LogP contribution in [0.4, 0.5) is 26.5 Å². The molecule has 0 atom stereocenters. The molecule has 2 fully saturated rings. The molecule has 1 N–H and O–H groups in total. The Labute approximate surface area is 206 Å². The van der Waals surface area contributed by atoms with Gasteiger partial charge >= 0.3 is 6.09 Å². The van der Waals surface area contributed by atoms with Crippen LogP contribution in [0, 0.1) is 11.2 Å². The molecule has 2 aliphatic heterocycles. The fraction of sp³-hybridized carbons (Fsp3) is 0.375. The summed E-state index contributed by atoms with van der Waals surface area (Å²) in [5.74, 6) is 0.139. The lowest BCUT2D eigenvalue weighted by molar-refractivity contribution is -0.119. The van der Waals surface area contributed by atoms with Crippen LogP contribution in [0.5, 0.6) is 0 Å². The number of ether oxygens (including phenoxy) is 1. The van der Waals surface area contributed by atoms with E-state index in [4.69, 9.17) is 16.3 Å². The third kappa shape index (κ3) is 4.45. The first-order valence-electron chi connectivity index (χ1n) is 11.1. The van der Waals surface area contributed by atoms with Gasteiger partial charge in [-0.1, -0.05) is 17.7 Å². The van der Waals surface area contributed by atoms with E-state index < -0.39 is 11.4 Å². The van der Waals surface area contributed by atoms with Gasteiger partial charge in [-0.3, -0.25) is 9.69 Å². The molecule has 0 radical (unpaired) electrons. The number of benzene rings is 1. The summed E-state index contributed by atoms with van der Waals surface area (Å²) in [6.45, 7) is 6.78. The van der Waals surface area contributed by atoms with Crippen LogP contribution in [-0.4, -0.2) is 57.1 Å².